The number of hydrogen-bond acceptors (Lipinski definition) is 6. The van der Waals surface area contributed by atoms with Gasteiger partial charge in [-0.2, -0.15) is 8.78 Å². The number of amides is 1. The summed E-state index contributed by atoms with van der Waals surface area (Å²) < 4.78 is 35.1. The number of carbonyl (C=O) groups is 1. The summed E-state index contributed by atoms with van der Waals surface area (Å²) in [7, 11) is 0. The number of benzene rings is 1. The van der Waals surface area contributed by atoms with E-state index in [0.717, 1.165) is 0 Å². The van der Waals surface area contributed by atoms with Crippen molar-refractivity contribution in [3.63, 3.8) is 0 Å². The Balaban J connectivity index is 1.55. The van der Waals surface area contributed by atoms with E-state index in [4.69, 9.17) is 4.74 Å². The second-order valence-electron chi connectivity index (χ2n) is 7.78. The Morgan fingerprint density at radius 1 is 1.32 bits per heavy atom. The number of guanidine groups is 1. The molecule has 1 aromatic rings. The van der Waals surface area contributed by atoms with Crippen LogP contribution in [0.25, 0.3) is 0 Å². The van der Waals surface area contributed by atoms with E-state index in [-0.39, 0.29) is 17.9 Å². The summed E-state index contributed by atoms with van der Waals surface area (Å²) >= 11 is 0. The van der Waals surface area contributed by atoms with Crippen LogP contribution < -0.4 is 10.1 Å². The number of nitrogens with zero attached hydrogens (tertiary/aromatic N) is 3. The van der Waals surface area contributed by atoms with Gasteiger partial charge in [-0.05, 0) is 26.8 Å². The van der Waals surface area contributed by atoms with Gasteiger partial charge in [0.05, 0.1) is 12.6 Å². The molecule has 0 bridgehead atoms. The van der Waals surface area contributed by atoms with E-state index in [2.05, 4.69) is 19.9 Å². The molecular weight excluding hydrogens is 370 g/mol. The summed E-state index contributed by atoms with van der Waals surface area (Å²) in [6.45, 7) is 5.26. The van der Waals surface area contributed by atoms with Gasteiger partial charge in [-0.25, -0.2) is 4.79 Å². The van der Waals surface area contributed by atoms with Crippen LogP contribution in [0.3, 0.4) is 0 Å². The second kappa shape index (κ2) is 8.20. The van der Waals surface area contributed by atoms with E-state index in [1.165, 1.54) is 6.07 Å². The molecule has 0 aromatic heterocycles. The van der Waals surface area contributed by atoms with Gasteiger partial charge in [0.15, 0.2) is 5.96 Å². The first-order chi connectivity index (χ1) is 13.2. The first kappa shape index (κ1) is 20.2. The van der Waals surface area contributed by atoms with Crippen LogP contribution in [-0.4, -0.2) is 66.3 Å². The van der Waals surface area contributed by atoms with E-state index in [1.807, 2.05) is 20.8 Å². The summed E-state index contributed by atoms with van der Waals surface area (Å²) in [6, 6.07) is 6.76. The summed E-state index contributed by atoms with van der Waals surface area (Å²) in [4.78, 5) is 20.6. The monoisotopic (exact) mass is 396 g/mol. The van der Waals surface area contributed by atoms with Gasteiger partial charge in [-0.3, -0.25) is 4.99 Å². The molecule has 0 spiro atoms. The number of aliphatic imine (C=N–C) groups is 1. The lowest BCUT2D eigenvalue weighted by molar-refractivity contribution is -0.0504. The molecule has 1 aromatic carbocycles. The topological polar surface area (TPSA) is 66.4 Å². The zero-order valence-electron chi connectivity index (χ0n) is 16.3. The average Bonchev–Trinajstić information content (AvgIpc) is 3.01. The minimum Gasteiger partial charge on any atom is -0.444 e. The van der Waals surface area contributed by atoms with Crippen LogP contribution in [0.4, 0.5) is 13.6 Å². The van der Waals surface area contributed by atoms with Crippen molar-refractivity contribution in [2.24, 2.45) is 4.99 Å². The van der Waals surface area contributed by atoms with Crippen LogP contribution in [0.1, 0.15) is 26.3 Å². The van der Waals surface area contributed by atoms with Gasteiger partial charge in [0.25, 0.3) is 0 Å². The largest absolute Gasteiger partial charge is 0.444 e. The fraction of sp³-hybridized carbons (Fsp3) is 0.579. The summed E-state index contributed by atoms with van der Waals surface area (Å²) in [5, 5.41) is 3.21. The number of fused-ring (bicyclic) bond motifs is 1. The Bertz CT molecular complexity index is 736. The molecule has 1 atom stereocenters. The Hall–Kier alpha value is -2.58. The van der Waals surface area contributed by atoms with E-state index in [9.17, 15) is 13.6 Å². The molecule has 2 heterocycles. The molecule has 9 heteroatoms. The molecule has 0 saturated carbocycles. The van der Waals surface area contributed by atoms with Crippen LogP contribution in [0.15, 0.2) is 29.3 Å². The average molecular weight is 396 g/mol. The third-order valence-corrected chi connectivity index (χ3v) is 4.48. The standard InChI is InChI=1S/C19H26F2N4O3/c1-19(2,3)28-18(26)24-8-9-25-14(12-24)11-23-17(25)22-10-13-6-4-5-7-15(13)27-16(20)21/h4-7,14,16H,8-12H2,1-3H3,(H,22,23). The van der Waals surface area contributed by atoms with E-state index >= 15 is 0 Å². The molecule has 154 valence electrons. The Kier molecular flexibility index (Phi) is 5.90. The maximum atomic E-state index is 12.6. The number of nitrogens with one attached hydrogen (secondary N) is 1. The van der Waals surface area contributed by atoms with Crippen LogP contribution in [0, 0.1) is 0 Å². The number of carbonyl (C=O) groups excluding carboxylic acids is 1. The number of alkyl halides is 2. The van der Waals surface area contributed by atoms with E-state index < -0.39 is 12.2 Å². The normalized spacial score (nSPS) is 19.4. The molecule has 1 N–H and O–H groups in total. The molecule has 7 nitrogen and oxygen atoms in total. The smallest absolute Gasteiger partial charge is 0.410 e. The number of halogens is 2. The van der Waals surface area contributed by atoms with Gasteiger partial charge >= 0.3 is 12.7 Å². The lowest BCUT2D eigenvalue weighted by Crippen LogP contribution is -2.57. The highest BCUT2D eigenvalue weighted by Crippen LogP contribution is 2.22. The number of ether oxygens (including phenoxy) is 2. The minimum absolute atomic E-state index is 0.0799. The third-order valence-electron chi connectivity index (χ3n) is 4.48. The van der Waals surface area contributed by atoms with Crippen molar-refractivity contribution in [2.45, 2.75) is 45.6 Å². The molecule has 3 rings (SSSR count). The van der Waals surface area contributed by atoms with E-state index in [1.54, 1.807) is 23.1 Å². The quantitative estimate of drug-likeness (QED) is 0.848. The zero-order valence-corrected chi connectivity index (χ0v) is 16.3. The molecular formula is C19H26F2N4O3. The van der Waals surface area contributed by atoms with Crippen LogP contribution >= 0.6 is 0 Å². The molecule has 0 radical (unpaired) electrons. The lowest BCUT2D eigenvalue weighted by atomic mass is 10.2. The van der Waals surface area contributed by atoms with Gasteiger partial charge in [-0.1, -0.05) is 18.2 Å². The molecule has 1 saturated heterocycles. The summed E-state index contributed by atoms with van der Waals surface area (Å²) in [5.41, 5.74) is 0.0993. The first-order valence-electron chi connectivity index (χ1n) is 9.28. The number of hydrogen-bond donors (Lipinski definition) is 1. The van der Waals surface area contributed by atoms with Crippen LogP contribution in [-0.2, 0) is 11.3 Å². The lowest BCUT2D eigenvalue weighted by Gasteiger charge is -2.39. The van der Waals surface area contributed by atoms with Gasteiger partial charge in [0.2, 0.25) is 0 Å². The van der Waals surface area contributed by atoms with Crippen molar-refractivity contribution >= 4 is 12.1 Å². The van der Waals surface area contributed by atoms with Gasteiger partial charge in [0.1, 0.15) is 11.4 Å². The third kappa shape index (κ3) is 5.02. The number of rotatable bonds is 4. The molecule has 0 aliphatic carbocycles. The molecule has 28 heavy (non-hydrogen) atoms. The maximum Gasteiger partial charge on any atom is 0.410 e. The zero-order chi connectivity index (χ0) is 20.3. The number of piperazine rings is 1. The van der Waals surface area contributed by atoms with Crippen molar-refractivity contribution in [1.29, 1.82) is 0 Å². The van der Waals surface area contributed by atoms with Crippen molar-refractivity contribution in [2.75, 3.05) is 26.2 Å². The van der Waals surface area contributed by atoms with Crippen molar-refractivity contribution < 1.29 is 23.0 Å². The summed E-state index contributed by atoms with van der Waals surface area (Å²) in [5.74, 6) is 0.857. The van der Waals surface area contributed by atoms with Crippen LogP contribution in [0.2, 0.25) is 0 Å². The van der Waals surface area contributed by atoms with Gasteiger partial charge < -0.3 is 24.6 Å². The fourth-order valence-corrected chi connectivity index (χ4v) is 3.26. The Morgan fingerprint density at radius 3 is 2.79 bits per heavy atom. The fourth-order valence-electron chi connectivity index (χ4n) is 3.26. The molecule has 1 unspecified atom stereocenters. The number of para-hydroxylation sites is 1. The van der Waals surface area contributed by atoms with Gasteiger partial charge in [-0.15, -0.1) is 0 Å². The van der Waals surface area contributed by atoms with Gasteiger partial charge in [0, 0.05) is 31.7 Å². The minimum atomic E-state index is -2.87. The Morgan fingerprint density at radius 2 is 2.07 bits per heavy atom. The second-order valence-corrected chi connectivity index (χ2v) is 7.78. The highest BCUT2D eigenvalue weighted by molar-refractivity contribution is 5.82. The molecule has 2 aliphatic heterocycles. The SMILES string of the molecule is CC(C)(C)OC(=O)N1CCN2C(NCc3ccccc3OC(F)F)=NCC2C1. The highest BCUT2D eigenvalue weighted by Gasteiger charge is 2.36. The van der Waals surface area contributed by atoms with Crippen molar-refractivity contribution in [3.8, 4) is 5.75 Å². The molecule has 1 amide bonds. The van der Waals surface area contributed by atoms with E-state index in [0.29, 0.717) is 44.2 Å². The molecule has 2 aliphatic rings. The Labute approximate surface area is 163 Å². The predicted molar refractivity (Wildman–Crippen MR) is 101 cm³/mol. The van der Waals surface area contributed by atoms with Crippen LogP contribution in [0.5, 0.6) is 5.75 Å². The first-order valence-corrected chi connectivity index (χ1v) is 9.28. The maximum absolute atomic E-state index is 12.6. The van der Waals surface area contributed by atoms with Crippen molar-refractivity contribution in [1.82, 2.24) is 15.1 Å². The van der Waals surface area contributed by atoms with Crippen molar-refractivity contribution in [3.05, 3.63) is 29.8 Å². The predicted octanol–water partition coefficient (Wildman–Crippen LogP) is 2.67. The highest BCUT2D eigenvalue weighted by atomic mass is 19.3. The summed E-state index contributed by atoms with van der Waals surface area (Å²) in [6.07, 6.45) is -0.313. The molecule has 1 fully saturated rings.